The Bertz CT molecular complexity index is 597. The highest BCUT2D eigenvalue weighted by Crippen LogP contribution is 2.19. The Kier molecular flexibility index (Phi) is 1.98. The van der Waals surface area contributed by atoms with Gasteiger partial charge in [0.1, 0.15) is 0 Å². The predicted octanol–water partition coefficient (Wildman–Crippen LogP) is 2.33. The molecular formula is C10H7IN4. The number of halogens is 1. The van der Waals surface area contributed by atoms with Gasteiger partial charge in [0.2, 0.25) is 0 Å². The first kappa shape index (κ1) is 8.90. The van der Waals surface area contributed by atoms with Crippen LogP contribution in [0.5, 0.6) is 0 Å². The van der Waals surface area contributed by atoms with Gasteiger partial charge in [0, 0.05) is 11.8 Å². The van der Waals surface area contributed by atoms with Crippen molar-refractivity contribution in [2.75, 3.05) is 0 Å². The summed E-state index contributed by atoms with van der Waals surface area (Å²) in [6.45, 7) is 0. The van der Waals surface area contributed by atoms with Crippen molar-refractivity contribution in [2.45, 2.75) is 0 Å². The van der Waals surface area contributed by atoms with E-state index in [4.69, 9.17) is 0 Å². The van der Waals surface area contributed by atoms with Crippen LogP contribution in [0.15, 0.2) is 37.1 Å². The van der Waals surface area contributed by atoms with Crippen molar-refractivity contribution in [2.24, 2.45) is 0 Å². The topological polar surface area (TPSA) is 46.0 Å². The molecule has 15 heavy (non-hydrogen) atoms. The molecule has 74 valence electrons. The normalized spacial score (nSPS) is 11.0. The molecule has 0 aliphatic carbocycles. The van der Waals surface area contributed by atoms with E-state index in [1.807, 2.05) is 16.9 Å². The molecule has 0 atom stereocenters. The van der Waals surface area contributed by atoms with E-state index in [-0.39, 0.29) is 0 Å². The standard InChI is InChI=1S/C10H7IN4/c11-8-3-14-15-5-7(1-2-10(8)15)9-4-12-6-13-9/h1-6H,(H,12,13). The van der Waals surface area contributed by atoms with E-state index in [0.29, 0.717) is 0 Å². The molecule has 0 saturated heterocycles. The third-order valence-electron chi connectivity index (χ3n) is 2.28. The molecule has 0 unspecified atom stereocenters. The maximum absolute atomic E-state index is 4.26. The number of aromatic amines is 1. The van der Waals surface area contributed by atoms with Crippen LogP contribution >= 0.6 is 22.6 Å². The molecule has 1 N–H and O–H groups in total. The van der Waals surface area contributed by atoms with Gasteiger partial charge in [-0.1, -0.05) is 0 Å². The summed E-state index contributed by atoms with van der Waals surface area (Å²) in [7, 11) is 0. The van der Waals surface area contributed by atoms with E-state index < -0.39 is 0 Å². The first-order valence-corrected chi connectivity index (χ1v) is 5.54. The number of imidazole rings is 1. The summed E-state index contributed by atoms with van der Waals surface area (Å²) >= 11 is 2.28. The second-order valence-corrected chi connectivity index (χ2v) is 4.37. The molecule has 0 aliphatic heterocycles. The lowest BCUT2D eigenvalue weighted by atomic mass is 10.2. The average Bonchev–Trinajstić information content (AvgIpc) is 2.88. The Hall–Kier alpha value is -1.37. The smallest absolute Gasteiger partial charge is 0.0924 e. The first-order valence-electron chi connectivity index (χ1n) is 4.46. The minimum absolute atomic E-state index is 1.00. The second-order valence-electron chi connectivity index (χ2n) is 3.21. The molecule has 0 fully saturated rings. The van der Waals surface area contributed by atoms with Crippen LogP contribution in [0.2, 0.25) is 0 Å². The Morgan fingerprint density at radius 2 is 2.20 bits per heavy atom. The van der Waals surface area contributed by atoms with E-state index in [0.717, 1.165) is 20.3 Å². The fourth-order valence-corrected chi connectivity index (χ4v) is 2.08. The third kappa shape index (κ3) is 1.43. The molecule has 0 aromatic carbocycles. The zero-order chi connectivity index (χ0) is 10.3. The average molecular weight is 310 g/mol. The van der Waals surface area contributed by atoms with Gasteiger partial charge in [-0.05, 0) is 34.7 Å². The fraction of sp³-hybridized carbons (Fsp3) is 0. The second kappa shape index (κ2) is 3.34. The quantitative estimate of drug-likeness (QED) is 0.701. The fourth-order valence-electron chi connectivity index (χ4n) is 1.53. The number of fused-ring (bicyclic) bond motifs is 1. The zero-order valence-electron chi connectivity index (χ0n) is 7.68. The molecule has 0 spiro atoms. The highest BCUT2D eigenvalue weighted by Gasteiger charge is 2.03. The van der Waals surface area contributed by atoms with Gasteiger partial charge in [-0.25, -0.2) is 9.50 Å². The predicted molar refractivity (Wildman–Crippen MR) is 65.5 cm³/mol. The Morgan fingerprint density at radius 3 is 3.00 bits per heavy atom. The third-order valence-corrected chi connectivity index (χ3v) is 3.11. The van der Waals surface area contributed by atoms with Gasteiger partial charge < -0.3 is 4.98 Å². The lowest BCUT2D eigenvalue weighted by Crippen LogP contribution is -1.88. The first-order chi connectivity index (χ1) is 7.34. The Morgan fingerprint density at radius 1 is 1.27 bits per heavy atom. The number of nitrogens with one attached hydrogen (secondary N) is 1. The summed E-state index contributed by atoms with van der Waals surface area (Å²) in [5, 5.41) is 4.26. The van der Waals surface area contributed by atoms with Crippen LogP contribution in [0.25, 0.3) is 16.8 Å². The number of nitrogens with zero attached hydrogens (tertiary/aromatic N) is 3. The van der Waals surface area contributed by atoms with Crippen LogP contribution in [-0.2, 0) is 0 Å². The summed E-state index contributed by atoms with van der Waals surface area (Å²) in [6.07, 6.45) is 7.32. The summed E-state index contributed by atoms with van der Waals surface area (Å²) < 4.78 is 3.03. The highest BCUT2D eigenvalue weighted by atomic mass is 127. The van der Waals surface area contributed by atoms with Gasteiger partial charge in [0.05, 0.1) is 33.5 Å². The summed E-state index contributed by atoms with van der Waals surface area (Å²) in [6, 6.07) is 4.12. The lowest BCUT2D eigenvalue weighted by Gasteiger charge is -1.98. The number of hydrogen-bond donors (Lipinski definition) is 1. The van der Waals surface area contributed by atoms with E-state index in [1.165, 1.54) is 0 Å². The number of aromatic nitrogens is 4. The molecule has 5 heteroatoms. The summed E-state index contributed by atoms with van der Waals surface area (Å²) in [4.78, 5) is 7.07. The monoisotopic (exact) mass is 310 g/mol. The lowest BCUT2D eigenvalue weighted by molar-refractivity contribution is 0.962. The number of rotatable bonds is 1. The van der Waals surface area contributed by atoms with Crippen LogP contribution in [0, 0.1) is 3.57 Å². The molecule has 0 amide bonds. The molecule has 3 aromatic rings. The molecule has 0 bridgehead atoms. The van der Waals surface area contributed by atoms with E-state index in [1.54, 1.807) is 12.5 Å². The van der Waals surface area contributed by atoms with Crippen molar-refractivity contribution in [1.82, 2.24) is 19.6 Å². The van der Waals surface area contributed by atoms with Crippen LogP contribution < -0.4 is 0 Å². The van der Waals surface area contributed by atoms with Gasteiger partial charge in [-0.2, -0.15) is 5.10 Å². The van der Waals surface area contributed by atoms with Crippen molar-refractivity contribution < 1.29 is 0 Å². The van der Waals surface area contributed by atoms with Crippen molar-refractivity contribution in [3.05, 3.63) is 40.6 Å². The molecule has 3 heterocycles. The van der Waals surface area contributed by atoms with Gasteiger partial charge in [0.25, 0.3) is 0 Å². The molecule has 0 aliphatic rings. The number of pyridine rings is 1. The zero-order valence-corrected chi connectivity index (χ0v) is 9.84. The largest absolute Gasteiger partial charge is 0.345 e. The molecular weight excluding hydrogens is 303 g/mol. The maximum atomic E-state index is 4.26. The van der Waals surface area contributed by atoms with E-state index in [2.05, 4.69) is 49.8 Å². The Balaban J connectivity index is 2.23. The van der Waals surface area contributed by atoms with Crippen molar-refractivity contribution in [1.29, 1.82) is 0 Å². The molecule has 4 nitrogen and oxygen atoms in total. The Labute approximate surface area is 99.5 Å². The minimum Gasteiger partial charge on any atom is -0.345 e. The number of hydrogen-bond acceptors (Lipinski definition) is 2. The van der Waals surface area contributed by atoms with Crippen molar-refractivity contribution in [3.63, 3.8) is 0 Å². The molecule has 0 radical (unpaired) electrons. The highest BCUT2D eigenvalue weighted by molar-refractivity contribution is 14.1. The van der Waals surface area contributed by atoms with Gasteiger partial charge in [0.15, 0.2) is 0 Å². The molecule has 3 aromatic heterocycles. The molecule has 3 rings (SSSR count). The minimum atomic E-state index is 1.00. The van der Waals surface area contributed by atoms with Crippen LogP contribution in [0.4, 0.5) is 0 Å². The SMILES string of the molecule is Ic1cnn2cc(-c3cnc[nH]3)ccc12. The van der Waals surface area contributed by atoms with Crippen LogP contribution in [0.3, 0.4) is 0 Å². The summed E-state index contributed by atoms with van der Waals surface area (Å²) in [5.41, 5.74) is 3.21. The van der Waals surface area contributed by atoms with Gasteiger partial charge in [-0.15, -0.1) is 0 Å². The van der Waals surface area contributed by atoms with Crippen molar-refractivity contribution in [3.8, 4) is 11.3 Å². The molecule has 0 saturated carbocycles. The van der Waals surface area contributed by atoms with Gasteiger partial charge in [-0.3, -0.25) is 0 Å². The van der Waals surface area contributed by atoms with Gasteiger partial charge >= 0.3 is 0 Å². The maximum Gasteiger partial charge on any atom is 0.0924 e. The number of H-pyrrole nitrogens is 1. The van der Waals surface area contributed by atoms with Crippen molar-refractivity contribution >= 4 is 28.1 Å². The summed E-state index contributed by atoms with van der Waals surface area (Å²) in [5.74, 6) is 0. The van der Waals surface area contributed by atoms with Crippen LogP contribution in [-0.4, -0.2) is 19.6 Å². The van der Waals surface area contributed by atoms with E-state index >= 15 is 0 Å². The van der Waals surface area contributed by atoms with Crippen LogP contribution in [0.1, 0.15) is 0 Å². The van der Waals surface area contributed by atoms with E-state index in [9.17, 15) is 0 Å².